The zero-order chi connectivity index (χ0) is 14.9. The molecular formula is C17H23N3OS. The van der Waals surface area contributed by atoms with Crippen LogP contribution in [0.2, 0.25) is 0 Å². The number of piperidine rings is 1. The van der Waals surface area contributed by atoms with Crippen molar-refractivity contribution >= 4 is 22.8 Å². The number of hydrogen-bond donors (Lipinski definition) is 1. The molecule has 1 atom stereocenters. The number of benzene rings is 1. The molecule has 1 aromatic heterocycles. The predicted octanol–water partition coefficient (Wildman–Crippen LogP) is 2.72. The standard InChI is InChI=1S/C17H23N3OS/c21-17-18-15-3-1-2-4-16(15)20(17)14-5-8-19(9-6-14)11-13-7-10-22-12-13/h1-4,13-14H,5-12H2,(H,18,21). The average molecular weight is 317 g/mol. The van der Waals surface area contributed by atoms with Crippen LogP contribution in [-0.2, 0) is 0 Å². The van der Waals surface area contributed by atoms with E-state index < -0.39 is 0 Å². The molecule has 2 saturated heterocycles. The first kappa shape index (κ1) is 14.4. The smallest absolute Gasteiger partial charge is 0.306 e. The maximum Gasteiger partial charge on any atom is 0.326 e. The number of likely N-dealkylation sites (tertiary alicyclic amines) is 1. The van der Waals surface area contributed by atoms with Gasteiger partial charge in [-0.25, -0.2) is 4.79 Å². The van der Waals surface area contributed by atoms with Crippen molar-refractivity contribution in [2.45, 2.75) is 25.3 Å². The van der Waals surface area contributed by atoms with Crippen molar-refractivity contribution in [3.63, 3.8) is 0 Å². The van der Waals surface area contributed by atoms with Crippen LogP contribution in [0.5, 0.6) is 0 Å². The molecule has 1 aromatic carbocycles. The Kier molecular flexibility index (Phi) is 4.01. The molecule has 1 unspecified atom stereocenters. The lowest BCUT2D eigenvalue weighted by Gasteiger charge is -2.33. The van der Waals surface area contributed by atoms with E-state index in [2.05, 4.69) is 27.7 Å². The molecule has 0 bridgehead atoms. The van der Waals surface area contributed by atoms with Crippen molar-refractivity contribution < 1.29 is 0 Å². The molecular weight excluding hydrogens is 294 g/mol. The second-order valence-corrected chi connectivity index (χ2v) is 7.73. The second-order valence-electron chi connectivity index (χ2n) is 6.58. The summed E-state index contributed by atoms with van der Waals surface area (Å²) in [4.78, 5) is 17.9. The summed E-state index contributed by atoms with van der Waals surface area (Å²) in [5.41, 5.74) is 2.06. The summed E-state index contributed by atoms with van der Waals surface area (Å²) < 4.78 is 1.98. The average Bonchev–Trinajstić information content (AvgIpc) is 3.15. The van der Waals surface area contributed by atoms with Crippen LogP contribution >= 0.6 is 11.8 Å². The fraction of sp³-hybridized carbons (Fsp3) is 0.588. The third kappa shape index (κ3) is 2.72. The number of nitrogens with one attached hydrogen (secondary N) is 1. The molecule has 0 spiro atoms. The minimum atomic E-state index is 0.0480. The molecule has 2 aromatic rings. The molecule has 118 valence electrons. The maximum atomic E-state index is 12.3. The van der Waals surface area contributed by atoms with Gasteiger partial charge in [0.15, 0.2) is 0 Å². The zero-order valence-electron chi connectivity index (χ0n) is 12.8. The number of imidazole rings is 1. The number of para-hydroxylation sites is 2. The summed E-state index contributed by atoms with van der Waals surface area (Å²) in [6.45, 7) is 3.50. The summed E-state index contributed by atoms with van der Waals surface area (Å²) in [6.07, 6.45) is 3.55. The summed E-state index contributed by atoms with van der Waals surface area (Å²) in [5, 5.41) is 0. The number of aromatic amines is 1. The largest absolute Gasteiger partial charge is 0.326 e. The van der Waals surface area contributed by atoms with Crippen LogP contribution in [0.4, 0.5) is 0 Å². The van der Waals surface area contributed by atoms with Gasteiger partial charge in [-0.05, 0) is 48.8 Å². The minimum absolute atomic E-state index is 0.0480. The first-order valence-corrected chi connectivity index (χ1v) is 9.46. The predicted molar refractivity (Wildman–Crippen MR) is 92.7 cm³/mol. The molecule has 0 saturated carbocycles. The van der Waals surface area contributed by atoms with Crippen LogP contribution in [-0.4, -0.2) is 45.6 Å². The third-order valence-electron chi connectivity index (χ3n) is 5.09. The number of H-pyrrole nitrogens is 1. The Hall–Kier alpha value is -1.20. The van der Waals surface area contributed by atoms with Crippen LogP contribution in [0.25, 0.3) is 11.0 Å². The Balaban J connectivity index is 1.46. The van der Waals surface area contributed by atoms with Gasteiger partial charge in [0, 0.05) is 25.7 Å². The second kappa shape index (κ2) is 6.13. The van der Waals surface area contributed by atoms with E-state index in [0.717, 1.165) is 42.9 Å². The lowest BCUT2D eigenvalue weighted by molar-refractivity contribution is 0.168. The summed E-state index contributed by atoms with van der Waals surface area (Å²) in [7, 11) is 0. The van der Waals surface area contributed by atoms with Crippen LogP contribution < -0.4 is 5.69 Å². The molecule has 4 rings (SSSR count). The minimum Gasteiger partial charge on any atom is -0.306 e. The number of hydrogen-bond acceptors (Lipinski definition) is 3. The van der Waals surface area contributed by atoms with Gasteiger partial charge in [-0.15, -0.1) is 0 Å². The van der Waals surface area contributed by atoms with Crippen LogP contribution in [0.1, 0.15) is 25.3 Å². The monoisotopic (exact) mass is 317 g/mol. The van der Waals surface area contributed by atoms with E-state index in [1.165, 1.54) is 24.5 Å². The van der Waals surface area contributed by atoms with Crippen molar-refractivity contribution in [1.82, 2.24) is 14.5 Å². The van der Waals surface area contributed by atoms with E-state index in [-0.39, 0.29) is 5.69 Å². The molecule has 2 fully saturated rings. The molecule has 0 radical (unpaired) electrons. The van der Waals surface area contributed by atoms with Gasteiger partial charge >= 0.3 is 5.69 Å². The topological polar surface area (TPSA) is 41.0 Å². The Labute approximate surface area is 134 Å². The van der Waals surface area contributed by atoms with Crippen LogP contribution in [0.3, 0.4) is 0 Å². The van der Waals surface area contributed by atoms with Crippen molar-refractivity contribution in [1.29, 1.82) is 0 Å². The number of aromatic nitrogens is 2. The van der Waals surface area contributed by atoms with E-state index in [9.17, 15) is 4.79 Å². The molecule has 5 heteroatoms. The number of rotatable bonds is 3. The van der Waals surface area contributed by atoms with Crippen molar-refractivity contribution in [2.24, 2.45) is 5.92 Å². The Bertz CT molecular complexity index is 693. The van der Waals surface area contributed by atoms with Crippen LogP contribution in [0, 0.1) is 5.92 Å². The summed E-state index contributed by atoms with van der Waals surface area (Å²) in [6, 6.07) is 8.37. The Morgan fingerprint density at radius 1 is 1.18 bits per heavy atom. The number of fused-ring (bicyclic) bond motifs is 1. The fourth-order valence-electron chi connectivity index (χ4n) is 3.89. The third-order valence-corrected chi connectivity index (χ3v) is 6.32. The quantitative estimate of drug-likeness (QED) is 0.946. The Morgan fingerprint density at radius 2 is 2.00 bits per heavy atom. The number of nitrogens with zero attached hydrogens (tertiary/aromatic N) is 2. The number of thioether (sulfide) groups is 1. The molecule has 22 heavy (non-hydrogen) atoms. The van der Waals surface area contributed by atoms with Gasteiger partial charge in [0.2, 0.25) is 0 Å². The molecule has 4 nitrogen and oxygen atoms in total. The molecule has 0 amide bonds. The van der Waals surface area contributed by atoms with E-state index in [0.29, 0.717) is 6.04 Å². The SMILES string of the molecule is O=c1[nH]c2ccccc2n1C1CCN(CC2CCSC2)CC1. The summed E-state index contributed by atoms with van der Waals surface area (Å²) >= 11 is 2.10. The van der Waals surface area contributed by atoms with Gasteiger partial charge in [0.1, 0.15) is 0 Å². The van der Waals surface area contributed by atoms with E-state index in [1.807, 2.05) is 22.8 Å². The van der Waals surface area contributed by atoms with E-state index in [1.54, 1.807) is 0 Å². The van der Waals surface area contributed by atoms with E-state index in [4.69, 9.17) is 0 Å². The fourth-order valence-corrected chi connectivity index (χ4v) is 5.16. The van der Waals surface area contributed by atoms with Gasteiger partial charge in [0.05, 0.1) is 11.0 Å². The normalized spacial score (nSPS) is 24.3. The van der Waals surface area contributed by atoms with E-state index >= 15 is 0 Å². The van der Waals surface area contributed by atoms with Gasteiger partial charge in [0.25, 0.3) is 0 Å². The Morgan fingerprint density at radius 3 is 2.77 bits per heavy atom. The lowest BCUT2D eigenvalue weighted by atomic mass is 10.0. The first-order valence-electron chi connectivity index (χ1n) is 8.30. The van der Waals surface area contributed by atoms with Gasteiger partial charge < -0.3 is 9.88 Å². The molecule has 2 aliphatic heterocycles. The maximum absolute atomic E-state index is 12.3. The molecule has 1 N–H and O–H groups in total. The van der Waals surface area contributed by atoms with Gasteiger partial charge in [-0.3, -0.25) is 4.57 Å². The van der Waals surface area contributed by atoms with Crippen molar-refractivity contribution in [3.05, 3.63) is 34.7 Å². The molecule has 0 aliphatic carbocycles. The zero-order valence-corrected chi connectivity index (χ0v) is 13.6. The lowest BCUT2D eigenvalue weighted by Crippen LogP contribution is -2.39. The molecule has 3 heterocycles. The van der Waals surface area contributed by atoms with Gasteiger partial charge in [-0.2, -0.15) is 11.8 Å². The van der Waals surface area contributed by atoms with Gasteiger partial charge in [-0.1, -0.05) is 12.1 Å². The highest BCUT2D eigenvalue weighted by atomic mass is 32.2. The highest BCUT2D eigenvalue weighted by Crippen LogP contribution is 2.28. The first-order chi connectivity index (χ1) is 10.8. The highest BCUT2D eigenvalue weighted by Gasteiger charge is 2.26. The molecule has 2 aliphatic rings. The highest BCUT2D eigenvalue weighted by molar-refractivity contribution is 7.99. The summed E-state index contributed by atoms with van der Waals surface area (Å²) in [5.74, 6) is 3.56. The van der Waals surface area contributed by atoms with Crippen molar-refractivity contribution in [3.8, 4) is 0 Å². The van der Waals surface area contributed by atoms with Crippen LogP contribution in [0.15, 0.2) is 29.1 Å². The van der Waals surface area contributed by atoms with Crippen molar-refractivity contribution in [2.75, 3.05) is 31.1 Å².